The molecule has 1 unspecified atom stereocenters. The van der Waals surface area contributed by atoms with Crippen molar-refractivity contribution in [2.24, 2.45) is 0 Å². The van der Waals surface area contributed by atoms with Gasteiger partial charge in [-0.25, -0.2) is 13.6 Å². The summed E-state index contributed by atoms with van der Waals surface area (Å²) in [5.41, 5.74) is 0.0680. The molecular weight excluding hydrogens is 244 g/mol. The summed E-state index contributed by atoms with van der Waals surface area (Å²) in [7, 11) is 1.41. The summed E-state index contributed by atoms with van der Waals surface area (Å²) in [6, 6.07) is 2.38. The number of carbonyl (C=O) groups excluding carboxylic acids is 1. The lowest BCUT2D eigenvalue weighted by Crippen LogP contribution is -2.31. The Hall–Kier alpha value is -1.69. The van der Waals surface area contributed by atoms with E-state index in [2.05, 4.69) is 4.74 Å². The van der Waals surface area contributed by atoms with Crippen molar-refractivity contribution in [2.75, 3.05) is 20.3 Å². The second-order valence-corrected chi connectivity index (χ2v) is 3.79. The number of ether oxygens (including phenoxy) is 1. The van der Waals surface area contributed by atoms with Crippen LogP contribution < -0.4 is 0 Å². The second kappa shape index (κ2) is 6.30. The highest BCUT2D eigenvalue weighted by molar-refractivity contribution is 5.67. The first-order valence-corrected chi connectivity index (χ1v) is 5.42. The van der Waals surface area contributed by atoms with Crippen molar-refractivity contribution >= 4 is 6.09 Å². The highest BCUT2D eigenvalue weighted by Gasteiger charge is 2.21. The van der Waals surface area contributed by atoms with Crippen LogP contribution in [-0.2, 0) is 4.74 Å². The maximum Gasteiger partial charge on any atom is 0.410 e. The van der Waals surface area contributed by atoms with Crippen molar-refractivity contribution in [2.45, 2.75) is 13.0 Å². The Balaban J connectivity index is 2.82. The number of aliphatic hydroxyl groups excluding tert-OH is 1. The minimum Gasteiger partial charge on any atom is -0.447 e. The van der Waals surface area contributed by atoms with E-state index >= 15 is 0 Å². The lowest BCUT2D eigenvalue weighted by Gasteiger charge is -2.24. The molecule has 0 bridgehead atoms. The number of hydrogen-bond acceptors (Lipinski definition) is 3. The Morgan fingerprint density at radius 2 is 2.17 bits per heavy atom. The molecule has 6 heteroatoms. The normalized spacial score (nSPS) is 12.1. The summed E-state index contributed by atoms with van der Waals surface area (Å²) in [5.74, 6) is -1.17. The fraction of sp³-hybridized carbons (Fsp3) is 0.417. The molecule has 0 fully saturated rings. The van der Waals surface area contributed by atoms with Gasteiger partial charge in [0.1, 0.15) is 18.2 Å². The Morgan fingerprint density at radius 1 is 1.50 bits per heavy atom. The summed E-state index contributed by atoms with van der Waals surface area (Å²) in [6.45, 7) is 1.13. The lowest BCUT2D eigenvalue weighted by atomic mass is 10.1. The molecule has 4 nitrogen and oxygen atoms in total. The van der Waals surface area contributed by atoms with E-state index in [-0.39, 0.29) is 18.8 Å². The van der Waals surface area contributed by atoms with Crippen LogP contribution >= 0.6 is 0 Å². The molecule has 1 atom stereocenters. The monoisotopic (exact) mass is 259 g/mol. The van der Waals surface area contributed by atoms with Crippen LogP contribution in [0.1, 0.15) is 18.5 Å². The van der Waals surface area contributed by atoms with Gasteiger partial charge in [-0.15, -0.1) is 0 Å². The van der Waals surface area contributed by atoms with Crippen LogP contribution in [0.15, 0.2) is 18.2 Å². The quantitative estimate of drug-likeness (QED) is 0.900. The van der Waals surface area contributed by atoms with Gasteiger partial charge in [0, 0.05) is 12.6 Å². The van der Waals surface area contributed by atoms with Crippen molar-refractivity contribution in [3.63, 3.8) is 0 Å². The molecule has 0 aliphatic heterocycles. The van der Waals surface area contributed by atoms with Gasteiger partial charge in [0.25, 0.3) is 0 Å². The molecule has 1 aromatic rings. The Bertz CT molecular complexity index is 426. The molecule has 1 aromatic carbocycles. The number of aliphatic hydroxyl groups is 1. The molecule has 0 saturated carbocycles. The maximum atomic E-state index is 13.5. The van der Waals surface area contributed by atoms with E-state index in [9.17, 15) is 13.6 Å². The van der Waals surface area contributed by atoms with Crippen LogP contribution in [0, 0.1) is 11.6 Å². The largest absolute Gasteiger partial charge is 0.447 e. The molecule has 18 heavy (non-hydrogen) atoms. The average Bonchev–Trinajstić information content (AvgIpc) is 2.37. The first kappa shape index (κ1) is 14.4. The van der Waals surface area contributed by atoms with Crippen molar-refractivity contribution in [1.29, 1.82) is 0 Å². The van der Waals surface area contributed by atoms with Crippen LogP contribution in [-0.4, -0.2) is 36.4 Å². The van der Waals surface area contributed by atoms with Gasteiger partial charge in [0.05, 0.1) is 12.6 Å². The third kappa shape index (κ3) is 3.40. The van der Waals surface area contributed by atoms with Gasteiger partial charge in [-0.3, -0.25) is 0 Å². The first-order valence-electron chi connectivity index (χ1n) is 5.42. The van der Waals surface area contributed by atoms with Gasteiger partial charge in [-0.1, -0.05) is 0 Å². The zero-order valence-electron chi connectivity index (χ0n) is 10.2. The van der Waals surface area contributed by atoms with E-state index in [4.69, 9.17) is 5.11 Å². The molecule has 0 saturated heterocycles. The zero-order valence-corrected chi connectivity index (χ0v) is 10.2. The molecule has 0 heterocycles. The summed E-state index contributed by atoms with van der Waals surface area (Å²) in [4.78, 5) is 12.6. The van der Waals surface area contributed by atoms with Gasteiger partial charge < -0.3 is 14.7 Å². The van der Waals surface area contributed by atoms with Gasteiger partial charge in [-0.2, -0.15) is 0 Å². The highest BCUT2D eigenvalue weighted by Crippen LogP contribution is 2.23. The maximum absolute atomic E-state index is 13.5. The Kier molecular flexibility index (Phi) is 5.03. The molecule has 0 aliphatic carbocycles. The summed E-state index contributed by atoms with van der Waals surface area (Å²) < 4.78 is 31.2. The number of rotatable bonds is 4. The standard InChI is InChI=1S/C12H15F2NO3/c1-8(15(2)12(17)18-6-5-16)10-7-9(13)3-4-11(10)14/h3-4,7-8,16H,5-6H2,1-2H3. The minimum absolute atomic E-state index is 0.0680. The zero-order chi connectivity index (χ0) is 13.7. The molecular formula is C12H15F2NO3. The van der Waals surface area contributed by atoms with Crippen LogP contribution in [0.3, 0.4) is 0 Å². The van der Waals surface area contributed by atoms with Gasteiger partial charge >= 0.3 is 6.09 Å². The molecule has 0 spiro atoms. The fourth-order valence-electron chi connectivity index (χ4n) is 1.44. The van der Waals surface area contributed by atoms with Gasteiger partial charge in [0.15, 0.2) is 0 Å². The van der Waals surface area contributed by atoms with E-state index < -0.39 is 23.8 Å². The third-order valence-electron chi connectivity index (χ3n) is 2.59. The summed E-state index contributed by atoms with van der Waals surface area (Å²) >= 11 is 0. The number of hydrogen-bond donors (Lipinski definition) is 1. The topological polar surface area (TPSA) is 49.8 Å². The summed E-state index contributed by atoms with van der Waals surface area (Å²) in [6.07, 6.45) is -0.708. The minimum atomic E-state index is -0.708. The van der Waals surface area contributed by atoms with E-state index in [0.29, 0.717) is 0 Å². The number of benzene rings is 1. The Labute approximate surface area is 104 Å². The smallest absolute Gasteiger partial charge is 0.410 e. The van der Waals surface area contributed by atoms with Crippen molar-refractivity contribution in [1.82, 2.24) is 4.90 Å². The van der Waals surface area contributed by atoms with Crippen LogP contribution in [0.5, 0.6) is 0 Å². The SMILES string of the molecule is CC(c1cc(F)ccc1F)N(C)C(=O)OCCO. The first-order chi connectivity index (χ1) is 8.47. The molecule has 1 rings (SSSR count). The molecule has 0 aromatic heterocycles. The fourth-order valence-corrected chi connectivity index (χ4v) is 1.44. The van der Waals surface area contributed by atoms with Crippen molar-refractivity contribution < 1.29 is 23.4 Å². The highest BCUT2D eigenvalue weighted by atomic mass is 19.1. The van der Waals surface area contributed by atoms with Gasteiger partial charge in [-0.05, 0) is 25.1 Å². The van der Waals surface area contributed by atoms with Crippen molar-refractivity contribution in [3.8, 4) is 0 Å². The number of amides is 1. The number of nitrogens with zero attached hydrogens (tertiary/aromatic N) is 1. The molecule has 0 radical (unpaired) electrons. The van der Waals surface area contributed by atoms with E-state index in [1.54, 1.807) is 6.92 Å². The van der Waals surface area contributed by atoms with E-state index in [0.717, 1.165) is 23.1 Å². The average molecular weight is 259 g/mol. The van der Waals surface area contributed by atoms with Crippen LogP contribution in [0.2, 0.25) is 0 Å². The predicted octanol–water partition coefficient (Wildman–Crippen LogP) is 2.09. The molecule has 1 amide bonds. The predicted molar refractivity (Wildman–Crippen MR) is 61.0 cm³/mol. The van der Waals surface area contributed by atoms with E-state index in [1.165, 1.54) is 7.05 Å². The molecule has 100 valence electrons. The Morgan fingerprint density at radius 3 is 2.78 bits per heavy atom. The van der Waals surface area contributed by atoms with Crippen molar-refractivity contribution in [3.05, 3.63) is 35.4 Å². The molecule has 0 aliphatic rings. The van der Waals surface area contributed by atoms with Gasteiger partial charge in [0.2, 0.25) is 0 Å². The summed E-state index contributed by atoms with van der Waals surface area (Å²) in [5, 5.41) is 8.53. The number of carbonyl (C=O) groups is 1. The van der Waals surface area contributed by atoms with Crippen LogP contribution in [0.4, 0.5) is 13.6 Å². The lowest BCUT2D eigenvalue weighted by molar-refractivity contribution is 0.0814. The molecule has 1 N–H and O–H groups in total. The number of halogens is 2. The van der Waals surface area contributed by atoms with Crippen LogP contribution in [0.25, 0.3) is 0 Å². The second-order valence-electron chi connectivity index (χ2n) is 3.79. The van der Waals surface area contributed by atoms with E-state index in [1.807, 2.05) is 0 Å². The third-order valence-corrected chi connectivity index (χ3v) is 2.59.